The predicted molar refractivity (Wildman–Crippen MR) is 99.7 cm³/mol. The number of aryl methyl sites for hydroxylation is 1. The summed E-state index contributed by atoms with van der Waals surface area (Å²) in [6.45, 7) is 4.50. The molecular weight excluding hydrogens is 332 g/mol. The number of ether oxygens (including phenoxy) is 1. The number of rotatable bonds is 7. The molecule has 0 fully saturated rings. The van der Waals surface area contributed by atoms with Gasteiger partial charge in [-0.15, -0.1) is 0 Å². The summed E-state index contributed by atoms with van der Waals surface area (Å²) in [5.74, 6) is 0.425. The molecule has 0 spiro atoms. The van der Waals surface area contributed by atoms with Crippen LogP contribution in [0, 0.1) is 6.92 Å². The van der Waals surface area contributed by atoms with E-state index in [1.54, 1.807) is 49.2 Å². The highest BCUT2D eigenvalue weighted by molar-refractivity contribution is 5.93. The Hall–Kier alpha value is -2.96. The van der Waals surface area contributed by atoms with Gasteiger partial charge in [-0.25, -0.2) is 14.8 Å². The van der Waals surface area contributed by atoms with Crippen molar-refractivity contribution in [3.63, 3.8) is 0 Å². The van der Waals surface area contributed by atoms with Crippen molar-refractivity contribution in [2.75, 3.05) is 26.0 Å². The number of nitrogens with one attached hydrogen (secondary N) is 1. The van der Waals surface area contributed by atoms with Crippen molar-refractivity contribution >= 4 is 23.4 Å². The first-order valence-electron chi connectivity index (χ1n) is 8.51. The summed E-state index contributed by atoms with van der Waals surface area (Å²) < 4.78 is 4.73. The number of carbonyl (C=O) groups excluding carboxylic acids is 2. The predicted octanol–water partition coefficient (Wildman–Crippen LogP) is 3.19. The molecule has 0 bridgehead atoms. The molecule has 0 aliphatic heterocycles. The van der Waals surface area contributed by atoms with Gasteiger partial charge in [0.05, 0.1) is 12.7 Å². The van der Waals surface area contributed by atoms with Gasteiger partial charge in [0.25, 0.3) is 5.91 Å². The molecule has 26 heavy (non-hydrogen) atoms. The van der Waals surface area contributed by atoms with Crippen LogP contribution in [0.3, 0.4) is 0 Å². The first-order chi connectivity index (χ1) is 12.4. The van der Waals surface area contributed by atoms with Crippen molar-refractivity contribution < 1.29 is 14.3 Å². The maximum atomic E-state index is 12.5. The molecule has 0 saturated heterocycles. The number of amides is 1. The standard InChI is InChI=1S/C19H24N4O3/c1-5-6-10-23(3)18(24)16-12-17(21-13(2)20-16)22-15-9-7-8-14(11-15)19(25)26-4/h7-9,11-12H,5-6,10H2,1-4H3,(H,20,21,22). The molecule has 2 aromatic rings. The third kappa shape index (κ3) is 5.02. The number of hydrogen-bond acceptors (Lipinski definition) is 6. The number of benzene rings is 1. The van der Waals surface area contributed by atoms with E-state index in [4.69, 9.17) is 4.74 Å². The maximum absolute atomic E-state index is 12.5. The second-order valence-electron chi connectivity index (χ2n) is 5.96. The Morgan fingerprint density at radius 1 is 1.23 bits per heavy atom. The maximum Gasteiger partial charge on any atom is 0.337 e. The Morgan fingerprint density at radius 3 is 2.69 bits per heavy atom. The van der Waals surface area contributed by atoms with Crippen LogP contribution in [0.2, 0.25) is 0 Å². The molecule has 0 atom stereocenters. The monoisotopic (exact) mass is 356 g/mol. The minimum Gasteiger partial charge on any atom is -0.465 e. The zero-order valence-corrected chi connectivity index (χ0v) is 15.6. The van der Waals surface area contributed by atoms with Crippen molar-refractivity contribution in [1.29, 1.82) is 0 Å². The van der Waals surface area contributed by atoms with Crippen molar-refractivity contribution in [2.24, 2.45) is 0 Å². The molecule has 7 heteroatoms. The molecule has 0 saturated carbocycles. The molecule has 7 nitrogen and oxygen atoms in total. The fraction of sp³-hybridized carbons (Fsp3) is 0.368. The molecule has 138 valence electrons. The van der Waals surface area contributed by atoms with Crippen LogP contribution in [0.25, 0.3) is 0 Å². The quantitative estimate of drug-likeness (QED) is 0.767. The number of methoxy groups -OCH3 is 1. The van der Waals surface area contributed by atoms with Crippen molar-refractivity contribution in [2.45, 2.75) is 26.7 Å². The summed E-state index contributed by atoms with van der Waals surface area (Å²) in [5.41, 5.74) is 1.44. The zero-order chi connectivity index (χ0) is 19.1. The lowest BCUT2D eigenvalue weighted by Gasteiger charge is -2.17. The Bertz CT molecular complexity index is 792. The fourth-order valence-electron chi connectivity index (χ4n) is 2.42. The second-order valence-corrected chi connectivity index (χ2v) is 5.96. The van der Waals surface area contributed by atoms with E-state index < -0.39 is 5.97 Å². The molecule has 1 aromatic carbocycles. The normalized spacial score (nSPS) is 10.3. The van der Waals surface area contributed by atoms with Crippen LogP contribution in [0.5, 0.6) is 0 Å². The van der Waals surface area contributed by atoms with Gasteiger partial charge in [0.2, 0.25) is 0 Å². The smallest absolute Gasteiger partial charge is 0.337 e. The van der Waals surface area contributed by atoms with E-state index in [2.05, 4.69) is 22.2 Å². The van der Waals surface area contributed by atoms with E-state index in [1.807, 2.05) is 0 Å². The van der Waals surface area contributed by atoms with E-state index >= 15 is 0 Å². The van der Waals surface area contributed by atoms with Gasteiger partial charge < -0.3 is 15.0 Å². The lowest BCUT2D eigenvalue weighted by Crippen LogP contribution is -2.28. The highest BCUT2D eigenvalue weighted by Gasteiger charge is 2.15. The van der Waals surface area contributed by atoms with Gasteiger partial charge in [-0.1, -0.05) is 19.4 Å². The van der Waals surface area contributed by atoms with Crippen LogP contribution >= 0.6 is 0 Å². The van der Waals surface area contributed by atoms with Gasteiger partial charge in [0, 0.05) is 25.3 Å². The van der Waals surface area contributed by atoms with Crippen LogP contribution in [0.4, 0.5) is 11.5 Å². The number of unbranched alkanes of at least 4 members (excludes halogenated alkanes) is 1. The van der Waals surface area contributed by atoms with E-state index in [0.29, 0.717) is 35.1 Å². The highest BCUT2D eigenvalue weighted by atomic mass is 16.5. The summed E-state index contributed by atoms with van der Waals surface area (Å²) in [4.78, 5) is 34.4. The molecular formula is C19H24N4O3. The number of aromatic nitrogens is 2. The van der Waals surface area contributed by atoms with Crippen molar-refractivity contribution in [3.05, 3.63) is 47.4 Å². The van der Waals surface area contributed by atoms with Gasteiger partial charge in [-0.3, -0.25) is 4.79 Å². The second kappa shape index (κ2) is 8.94. The minimum atomic E-state index is -0.416. The molecule has 1 N–H and O–H groups in total. The van der Waals surface area contributed by atoms with Gasteiger partial charge in [0.15, 0.2) is 0 Å². The summed E-state index contributed by atoms with van der Waals surface area (Å²) in [5, 5.41) is 3.11. The van der Waals surface area contributed by atoms with Crippen LogP contribution in [-0.4, -0.2) is 47.4 Å². The van der Waals surface area contributed by atoms with Crippen molar-refractivity contribution in [3.8, 4) is 0 Å². The molecule has 0 radical (unpaired) electrons. The molecule has 1 heterocycles. The first-order valence-corrected chi connectivity index (χ1v) is 8.51. The first kappa shape index (κ1) is 19.4. The minimum absolute atomic E-state index is 0.143. The van der Waals surface area contributed by atoms with Gasteiger partial charge in [-0.05, 0) is 31.5 Å². The van der Waals surface area contributed by atoms with Gasteiger partial charge in [0.1, 0.15) is 17.3 Å². The third-order valence-corrected chi connectivity index (χ3v) is 3.81. The zero-order valence-electron chi connectivity index (χ0n) is 15.6. The number of anilines is 2. The molecule has 0 aliphatic rings. The number of nitrogens with zero attached hydrogens (tertiary/aromatic N) is 3. The van der Waals surface area contributed by atoms with Crippen LogP contribution < -0.4 is 5.32 Å². The largest absolute Gasteiger partial charge is 0.465 e. The molecule has 0 unspecified atom stereocenters. The fourth-order valence-corrected chi connectivity index (χ4v) is 2.42. The van der Waals surface area contributed by atoms with Crippen LogP contribution in [0.1, 0.15) is 46.4 Å². The topological polar surface area (TPSA) is 84.4 Å². The third-order valence-electron chi connectivity index (χ3n) is 3.81. The lowest BCUT2D eigenvalue weighted by atomic mass is 10.2. The van der Waals surface area contributed by atoms with Crippen LogP contribution in [-0.2, 0) is 4.74 Å². The number of hydrogen-bond donors (Lipinski definition) is 1. The SMILES string of the molecule is CCCCN(C)C(=O)c1cc(Nc2cccc(C(=O)OC)c2)nc(C)n1. The molecule has 1 aromatic heterocycles. The summed E-state index contributed by atoms with van der Waals surface area (Å²) in [6.07, 6.45) is 1.96. The number of esters is 1. The van der Waals surface area contributed by atoms with E-state index in [-0.39, 0.29) is 5.91 Å². The Morgan fingerprint density at radius 2 is 2.00 bits per heavy atom. The Kier molecular flexibility index (Phi) is 6.66. The average molecular weight is 356 g/mol. The lowest BCUT2D eigenvalue weighted by molar-refractivity contribution is 0.0600. The number of carbonyl (C=O) groups is 2. The van der Waals surface area contributed by atoms with Gasteiger partial charge in [-0.2, -0.15) is 0 Å². The summed E-state index contributed by atoms with van der Waals surface area (Å²) >= 11 is 0. The van der Waals surface area contributed by atoms with Crippen molar-refractivity contribution in [1.82, 2.24) is 14.9 Å². The summed E-state index contributed by atoms with van der Waals surface area (Å²) in [6, 6.07) is 8.49. The summed E-state index contributed by atoms with van der Waals surface area (Å²) in [7, 11) is 3.10. The Balaban J connectivity index is 2.22. The molecule has 2 rings (SSSR count). The van der Waals surface area contributed by atoms with E-state index in [9.17, 15) is 9.59 Å². The van der Waals surface area contributed by atoms with E-state index in [1.165, 1.54) is 7.11 Å². The van der Waals surface area contributed by atoms with E-state index in [0.717, 1.165) is 12.8 Å². The highest BCUT2D eigenvalue weighted by Crippen LogP contribution is 2.18. The van der Waals surface area contributed by atoms with Gasteiger partial charge >= 0.3 is 5.97 Å². The Labute approximate surface area is 153 Å². The van der Waals surface area contributed by atoms with Crippen LogP contribution in [0.15, 0.2) is 30.3 Å². The molecule has 1 amide bonds. The average Bonchev–Trinajstić information content (AvgIpc) is 2.64. The molecule has 0 aliphatic carbocycles.